The minimum absolute atomic E-state index is 0.0604. The van der Waals surface area contributed by atoms with Gasteiger partial charge in [0.2, 0.25) is 0 Å². The maximum absolute atomic E-state index is 12.0. The van der Waals surface area contributed by atoms with Gasteiger partial charge in [0.25, 0.3) is 5.91 Å². The first-order valence-electron chi connectivity index (χ1n) is 5.86. The van der Waals surface area contributed by atoms with E-state index < -0.39 is 0 Å². The number of hydrogen-bond donors (Lipinski definition) is 2. The average Bonchev–Trinajstić information content (AvgIpc) is 2.70. The molecule has 3 rings (SSSR count). The van der Waals surface area contributed by atoms with Crippen LogP contribution >= 0.6 is 23.2 Å². The number of amides is 1. The molecule has 1 heterocycles. The molecule has 1 amide bonds. The van der Waals surface area contributed by atoms with Crippen LogP contribution in [0.5, 0.6) is 5.75 Å². The summed E-state index contributed by atoms with van der Waals surface area (Å²) in [5.41, 5.74) is 2.34. The minimum atomic E-state index is -0.235. The molecule has 2 aromatic carbocycles. The van der Waals surface area contributed by atoms with Gasteiger partial charge in [0.1, 0.15) is 5.75 Å². The number of benzene rings is 2. The Bertz CT molecular complexity index is 754. The second-order valence-corrected chi connectivity index (χ2v) is 5.28. The summed E-state index contributed by atoms with van der Waals surface area (Å²) in [7, 11) is 0. The largest absolute Gasteiger partial charge is 0.507 e. The fourth-order valence-corrected chi connectivity index (χ4v) is 2.45. The number of carbonyl (C=O) groups excluding carboxylic acids is 1. The predicted molar refractivity (Wildman–Crippen MR) is 81.1 cm³/mol. The molecule has 3 nitrogen and oxygen atoms in total. The van der Waals surface area contributed by atoms with Crippen LogP contribution in [0.25, 0.3) is 11.6 Å². The van der Waals surface area contributed by atoms with Gasteiger partial charge in [0.15, 0.2) is 0 Å². The Hall–Kier alpha value is -1.97. The number of carbonyl (C=O) groups is 1. The third kappa shape index (κ3) is 2.26. The summed E-state index contributed by atoms with van der Waals surface area (Å²) in [5, 5.41) is 13.6. The van der Waals surface area contributed by atoms with Crippen molar-refractivity contribution < 1.29 is 9.90 Å². The van der Waals surface area contributed by atoms with Gasteiger partial charge in [-0.2, -0.15) is 0 Å². The summed E-state index contributed by atoms with van der Waals surface area (Å²) in [6, 6.07) is 9.83. The number of phenols is 1. The standard InChI is InChI=1S/C15H9Cl2NO2/c16-9-2-4-14(19)8(5-9)6-12-11-7-10(17)1-3-13(11)18-15(12)20/h1-7,19H,(H,18,20)/b12-6+. The highest BCUT2D eigenvalue weighted by atomic mass is 35.5. The Morgan fingerprint density at radius 2 is 1.75 bits per heavy atom. The number of rotatable bonds is 1. The zero-order valence-electron chi connectivity index (χ0n) is 10.2. The predicted octanol–water partition coefficient (Wildman–Crippen LogP) is 4.19. The lowest BCUT2D eigenvalue weighted by Gasteiger charge is -2.02. The normalized spacial score (nSPS) is 15.3. The Morgan fingerprint density at radius 3 is 2.55 bits per heavy atom. The van der Waals surface area contributed by atoms with E-state index in [-0.39, 0.29) is 11.7 Å². The fourth-order valence-electron chi connectivity index (χ4n) is 2.10. The lowest BCUT2D eigenvalue weighted by Crippen LogP contribution is -2.03. The first kappa shape index (κ1) is 13.0. The molecule has 0 aromatic heterocycles. The summed E-state index contributed by atoms with van der Waals surface area (Å²) in [4.78, 5) is 12.0. The van der Waals surface area contributed by atoms with Gasteiger partial charge in [-0.05, 0) is 42.5 Å². The van der Waals surface area contributed by atoms with Gasteiger partial charge in [0.05, 0.1) is 0 Å². The van der Waals surface area contributed by atoms with E-state index in [1.165, 1.54) is 6.07 Å². The second-order valence-electron chi connectivity index (χ2n) is 4.41. The van der Waals surface area contributed by atoms with Crippen LogP contribution < -0.4 is 5.32 Å². The molecule has 1 aliphatic rings. The molecule has 0 saturated carbocycles. The summed E-state index contributed by atoms with van der Waals surface area (Å²) < 4.78 is 0. The topological polar surface area (TPSA) is 49.3 Å². The molecular formula is C15H9Cl2NO2. The molecular weight excluding hydrogens is 297 g/mol. The van der Waals surface area contributed by atoms with Crippen molar-refractivity contribution in [2.45, 2.75) is 0 Å². The summed E-state index contributed by atoms with van der Waals surface area (Å²) in [6.07, 6.45) is 1.60. The van der Waals surface area contributed by atoms with Gasteiger partial charge in [0, 0.05) is 32.4 Å². The van der Waals surface area contributed by atoms with E-state index in [2.05, 4.69) is 5.32 Å². The highest BCUT2D eigenvalue weighted by Gasteiger charge is 2.24. The summed E-state index contributed by atoms with van der Waals surface area (Å²) in [6.45, 7) is 0. The van der Waals surface area contributed by atoms with Gasteiger partial charge in [-0.15, -0.1) is 0 Å². The van der Waals surface area contributed by atoms with Crippen LogP contribution in [0.15, 0.2) is 36.4 Å². The number of anilines is 1. The Labute approximate surface area is 125 Å². The van der Waals surface area contributed by atoms with E-state index >= 15 is 0 Å². The van der Waals surface area contributed by atoms with Gasteiger partial charge in [-0.3, -0.25) is 4.79 Å². The lowest BCUT2D eigenvalue weighted by atomic mass is 10.0. The number of fused-ring (bicyclic) bond motifs is 1. The number of phenolic OH excluding ortho intramolecular Hbond substituents is 1. The molecule has 0 fully saturated rings. The van der Waals surface area contributed by atoms with E-state index in [9.17, 15) is 9.90 Å². The Kier molecular flexibility index (Phi) is 3.16. The third-order valence-electron chi connectivity index (χ3n) is 3.05. The smallest absolute Gasteiger partial charge is 0.256 e. The van der Waals surface area contributed by atoms with Crippen LogP contribution in [0.3, 0.4) is 0 Å². The van der Waals surface area contributed by atoms with Crippen LogP contribution in [0.4, 0.5) is 5.69 Å². The molecule has 1 aliphatic heterocycles. The Balaban J connectivity index is 2.15. The van der Waals surface area contributed by atoms with Gasteiger partial charge < -0.3 is 10.4 Å². The fraction of sp³-hybridized carbons (Fsp3) is 0. The molecule has 0 atom stereocenters. The van der Waals surface area contributed by atoms with E-state index in [0.717, 1.165) is 0 Å². The number of hydrogen-bond acceptors (Lipinski definition) is 2. The lowest BCUT2D eigenvalue weighted by molar-refractivity contribution is -0.110. The van der Waals surface area contributed by atoms with Crippen molar-refractivity contribution in [2.75, 3.05) is 5.32 Å². The first-order chi connectivity index (χ1) is 9.54. The molecule has 100 valence electrons. The Morgan fingerprint density at radius 1 is 1.05 bits per heavy atom. The molecule has 0 radical (unpaired) electrons. The van der Waals surface area contributed by atoms with Gasteiger partial charge in [-0.1, -0.05) is 23.2 Å². The molecule has 0 aliphatic carbocycles. The van der Waals surface area contributed by atoms with Gasteiger partial charge in [-0.25, -0.2) is 0 Å². The van der Waals surface area contributed by atoms with Gasteiger partial charge >= 0.3 is 0 Å². The zero-order valence-corrected chi connectivity index (χ0v) is 11.7. The van der Waals surface area contributed by atoms with Crippen LogP contribution in [0.2, 0.25) is 10.0 Å². The van der Waals surface area contributed by atoms with Crippen molar-refractivity contribution in [3.63, 3.8) is 0 Å². The van der Waals surface area contributed by atoms with Crippen LogP contribution in [-0.4, -0.2) is 11.0 Å². The second kappa shape index (κ2) is 4.85. The SMILES string of the molecule is O=C1Nc2ccc(Cl)cc2/C1=C\c1cc(Cl)ccc1O. The highest BCUT2D eigenvalue weighted by molar-refractivity contribution is 6.37. The van der Waals surface area contributed by atoms with E-state index in [1.807, 2.05) is 0 Å². The molecule has 0 bridgehead atoms. The molecule has 0 saturated heterocycles. The number of nitrogens with one attached hydrogen (secondary N) is 1. The third-order valence-corrected chi connectivity index (χ3v) is 3.52. The number of halogens is 2. The zero-order chi connectivity index (χ0) is 14.3. The summed E-state index contributed by atoms with van der Waals surface area (Å²) in [5.74, 6) is -0.174. The quantitative estimate of drug-likeness (QED) is 0.776. The van der Waals surface area contributed by atoms with Crippen LogP contribution in [0, 0.1) is 0 Å². The van der Waals surface area contributed by atoms with Crippen molar-refractivity contribution >= 4 is 46.4 Å². The molecule has 2 N–H and O–H groups in total. The highest BCUT2D eigenvalue weighted by Crippen LogP contribution is 2.36. The van der Waals surface area contributed by atoms with Crippen molar-refractivity contribution in [1.29, 1.82) is 0 Å². The number of aromatic hydroxyl groups is 1. The molecule has 0 unspecified atom stereocenters. The van der Waals surface area contributed by atoms with Crippen molar-refractivity contribution in [3.05, 3.63) is 57.6 Å². The average molecular weight is 306 g/mol. The maximum Gasteiger partial charge on any atom is 0.256 e. The minimum Gasteiger partial charge on any atom is -0.507 e. The van der Waals surface area contributed by atoms with E-state index in [4.69, 9.17) is 23.2 Å². The van der Waals surface area contributed by atoms with E-state index in [1.54, 1.807) is 36.4 Å². The van der Waals surface area contributed by atoms with Crippen molar-refractivity contribution in [2.24, 2.45) is 0 Å². The molecule has 0 spiro atoms. The molecule has 2 aromatic rings. The first-order valence-corrected chi connectivity index (χ1v) is 6.62. The van der Waals surface area contributed by atoms with Crippen LogP contribution in [-0.2, 0) is 4.79 Å². The van der Waals surface area contributed by atoms with Crippen molar-refractivity contribution in [3.8, 4) is 5.75 Å². The van der Waals surface area contributed by atoms with E-state index in [0.29, 0.717) is 32.4 Å². The monoisotopic (exact) mass is 305 g/mol. The van der Waals surface area contributed by atoms with Crippen molar-refractivity contribution in [1.82, 2.24) is 0 Å². The molecule has 20 heavy (non-hydrogen) atoms. The maximum atomic E-state index is 12.0. The van der Waals surface area contributed by atoms with Crippen LogP contribution in [0.1, 0.15) is 11.1 Å². The molecule has 5 heteroatoms. The summed E-state index contributed by atoms with van der Waals surface area (Å²) >= 11 is 11.9.